The van der Waals surface area contributed by atoms with Crippen LogP contribution in [0.15, 0.2) is 48.5 Å². The van der Waals surface area contributed by atoms with Crippen molar-refractivity contribution in [1.82, 2.24) is 10.2 Å². The molecular formula is C24H31N3O3. The minimum absolute atomic E-state index is 0.0189. The molecule has 0 fully saturated rings. The quantitative estimate of drug-likeness (QED) is 0.581. The van der Waals surface area contributed by atoms with Crippen molar-refractivity contribution in [2.24, 2.45) is 5.92 Å². The van der Waals surface area contributed by atoms with E-state index in [1.165, 1.54) is 0 Å². The summed E-state index contributed by atoms with van der Waals surface area (Å²) in [4.78, 5) is 27.2. The number of carbonyl (C=O) groups is 2. The number of rotatable bonds is 10. The first kappa shape index (κ1) is 21.8. The molecule has 160 valence electrons. The fourth-order valence-corrected chi connectivity index (χ4v) is 3.54. The van der Waals surface area contributed by atoms with Gasteiger partial charge in [-0.15, -0.1) is 0 Å². The fraction of sp³-hybridized carbons (Fsp3) is 0.417. The van der Waals surface area contributed by atoms with Gasteiger partial charge in [-0.2, -0.15) is 0 Å². The molecule has 1 aliphatic rings. The average Bonchev–Trinajstić information content (AvgIpc) is 3.01. The van der Waals surface area contributed by atoms with Gasteiger partial charge in [-0.1, -0.05) is 38.1 Å². The fourth-order valence-electron chi connectivity index (χ4n) is 3.54. The maximum atomic E-state index is 13.0. The van der Waals surface area contributed by atoms with Crippen LogP contribution in [0.3, 0.4) is 0 Å². The van der Waals surface area contributed by atoms with Gasteiger partial charge in [0.1, 0.15) is 6.17 Å². The Bertz CT molecular complexity index is 882. The summed E-state index contributed by atoms with van der Waals surface area (Å²) in [6.07, 6.45) is 0.493. The van der Waals surface area contributed by atoms with Crippen LogP contribution in [0.2, 0.25) is 0 Å². The number of hydrogen-bond donors (Lipinski definition) is 2. The third kappa shape index (κ3) is 5.19. The predicted octanol–water partition coefficient (Wildman–Crippen LogP) is 4.07. The van der Waals surface area contributed by atoms with Crippen LogP contribution in [0, 0.1) is 5.92 Å². The van der Waals surface area contributed by atoms with Gasteiger partial charge in [-0.3, -0.25) is 9.59 Å². The van der Waals surface area contributed by atoms with Crippen LogP contribution < -0.4 is 10.6 Å². The Morgan fingerprint density at radius 3 is 2.73 bits per heavy atom. The Balaban J connectivity index is 1.77. The Morgan fingerprint density at radius 2 is 1.97 bits per heavy atom. The molecule has 0 radical (unpaired) electrons. The van der Waals surface area contributed by atoms with Gasteiger partial charge in [0.2, 0.25) is 0 Å². The van der Waals surface area contributed by atoms with Crippen LogP contribution in [-0.4, -0.2) is 43.0 Å². The third-order valence-electron chi connectivity index (χ3n) is 5.05. The molecule has 2 N–H and O–H groups in total. The molecule has 0 aromatic heterocycles. The number of nitrogens with one attached hydrogen (secondary N) is 2. The van der Waals surface area contributed by atoms with Crippen molar-refractivity contribution in [1.29, 1.82) is 0 Å². The van der Waals surface area contributed by atoms with Crippen LogP contribution in [0.4, 0.5) is 5.69 Å². The van der Waals surface area contributed by atoms with Crippen LogP contribution in [-0.2, 0) is 4.74 Å². The summed E-state index contributed by atoms with van der Waals surface area (Å²) in [7, 11) is 0. The van der Waals surface area contributed by atoms with Gasteiger partial charge in [0, 0.05) is 48.7 Å². The molecule has 1 heterocycles. The normalized spacial score (nSPS) is 15.4. The van der Waals surface area contributed by atoms with E-state index in [9.17, 15) is 9.59 Å². The highest BCUT2D eigenvalue weighted by Gasteiger charge is 2.36. The lowest BCUT2D eigenvalue weighted by molar-refractivity contribution is 0.0708. The summed E-state index contributed by atoms with van der Waals surface area (Å²) in [5.74, 6) is 0.316. The van der Waals surface area contributed by atoms with E-state index < -0.39 is 0 Å². The van der Waals surface area contributed by atoms with Crippen molar-refractivity contribution in [3.05, 3.63) is 65.2 Å². The van der Waals surface area contributed by atoms with Gasteiger partial charge >= 0.3 is 0 Å². The lowest BCUT2D eigenvalue weighted by Crippen LogP contribution is -2.33. The average molecular weight is 410 g/mol. The first-order chi connectivity index (χ1) is 14.5. The first-order valence-corrected chi connectivity index (χ1v) is 10.6. The zero-order valence-corrected chi connectivity index (χ0v) is 18.0. The zero-order valence-electron chi connectivity index (χ0n) is 18.0. The van der Waals surface area contributed by atoms with Crippen molar-refractivity contribution >= 4 is 17.5 Å². The maximum absolute atomic E-state index is 13.0. The maximum Gasteiger partial charge on any atom is 0.256 e. The van der Waals surface area contributed by atoms with Crippen molar-refractivity contribution in [2.45, 2.75) is 33.4 Å². The Hall–Kier alpha value is -2.86. The molecule has 0 bridgehead atoms. The SMILES string of the molecule is CCOCCCN1C(=O)c2ccccc2[C@@H]1Nc1cccc(C(=O)NCC(C)C)c1. The smallest absolute Gasteiger partial charge is 0.256 e. The Morgan fingerprint density at radius 1 is 1.17 bits per heavy atom. The molecule has 3 rings (SSSR count). The Kier molecular flexibility index (Phi) is 7.46. The van der Waals surface area contributed by atoms with E-state index in [1.54, 1.807) is 6.07 Å². The molecule has 0 spiro atoms. The van der Waals surface area contributed by atoms with E-state index in [-0.39, 0.29) is 18.0 Å². The largest absolute Gasteiger partial charge is 0.382 e. The summed E-state index contributed by atoms with van der Waals surface area (Å²) in [5.41, 5.74) is 3.07. The highest BCUT2D eigenvalue weighted by atomic mass is 16.5. The second-order valence-electron chi connectivity index (χ2n) is 7.87. The zero-order chi connectivity index (χ0) is 21.5. The molecule has 2 aromatic rings. The second kappa shape index (κ2) is 10.3. The van der Waals surface area contributed by atoms with Crippen LogP contribution in [0.5, 0.6) is 0 Å². The van der Waals surface area contributed by atoms with E-state index >= 15 is 0 Å². The van der Waals surface area contributed by atoms with Crippen LogP contribution >= 0.6 is 0 Å². The third-order valence-corrected chi connectivity index (χ3v) is 5.05. The minimum atomic E-state index is -0.274. The van der Waals surface area contributed by atoms with Gasteiger partial charge < -0.3 is 20.3 Å². The Labute approximate surface area is 178 Å². The van der Waals surface area contributed by atoms with E-state index in [0.717, 1.165) is 23.2 Å². The summed E-state index contributed by atoms with van der Waals surface area (Å²) in [6.45, 7) is 8.61. The molecule has 6 heteroatoms. The van der Waals surface area contributed by atoms with Gasteiger partial charge in [-0.25, -0.2) is 0 Å². The number of benzene rings is 2. The summed E-state index contributed by atoms with van der Waals surface area (Å²) in [6, 6.07) is 15.1. The van der Waals surface area contributed by atoms with E-state index in [4.69, 9.17) is 4.74 Å². The van der Waals surface area contributed by atoms with Crippen molar-refractivity contribution in [3.63, 3.8) is 0 Å². The molecule has 2 amide bonds. The number of hydrogen-bond acceptors (Lipinski definition) is 4. The number of nitrogens with zero attached hydrogens (tertiary/aromatic N) is 1. The topological polar surface area (TPSA) is 70.7 Å². The van der Waals surface area contributed by atoms with Gasteiger partial charge in [0.05, 0.1) is 0 Å². The van der Waals surface area contributed by atoms with Crippen molar-refractivity contribution in [3.8, 4) is 0 Å². The summed E-state index contributed by atoms with van der Waals surface area (Å²) < 4.78 is 5.44. The summed E-state index contributed by atoms with van der Waals surface area (Å²) >= 11 is 0. The molecule has 0 saturated heterocycles. The van der Waals surface area contributed by atoms with Crippen LogP contribution in [0.25, 0.3) is 0 Å². The highest BCUT2D eigenvalue weighted by molar-refractivity contribution is 5.99. The van der Waals surface area contributed by atoms with Crippen molar-refractivity contribution < 1.29 is 14.3 Å². The number of amides is 2. The van der Waals surface area contributed by atoms with Gasteiger partial charge in [0.25, 0.3) is 11.8 Å². The standard InChI is InChI=1S/C24H31N3O3/c1-4-30-14-8-13-27-22(20-11-5-6-12-21(20)24(27)29)26-19-10-7-9-18(15-19)23(28)25-16-17(2)3/h5-7,9-12,15,17,22,26H,4,8,13-14,16H2,1-3H3,(H,25,28)/t22-/m1/s1. The molecule has 6 nitrogen and oxygen atoms in total. The summed E-state index contributed by atoms with van der Waals surface area (Å²) in [5, 5.41) is 6.41. The molecule has 0 saturated carbocycles. The lowest BCUT2D eigenvalue weighted by atomic mass is 10.1. The van der Waals surface area contributed by atoms with E-state index in [0.29, 0.717) is 37.8 Å². The second-order valence-corrected chi connectivity index (χ2v) is 7.87. The number of ether oxygens (including phenoxy) is 1. The molecule has 1 aliphatic heterocycles. The number of fused-ring (bicyclic) bond motifs is 1. The van der Waals surface area contributed by atoms with E-state index in [2.05, 4.69) is 24.5 Å². The number of anilines is 1. The van der Waals surface area contributed by atoms with Crippen molar-refractivity contribution in [2.75, 3.05) is 31.6 Å². The van der Waals surface area contributed by atoms with Crippen LogP contribution in [0.1, 0.15) is 59.6 Å². The number of carbonyl (C=O) groups excluding carboxylic acids is 2. The molecule has 1 atom stereocenters. The van der Waals surface area contributed by atoms with Gasteiger partial charge in [-0.05, 0) is 43.5 Å². The molecule has 0 aliphatic carbocycles. The molecule has 0 unspecified atom stereocenters. The van der Waals surface area contributed by atoms with Gasteiger partial charge in [0.15, 0.2) is 0 Å². The highest BCUT2D eigenvalue weighted by Crippen LogP contribution is 2.34. The predicted molar refractivity (Wildman–Crippen MR) is 119 cm³/mol. The molecule has 2 aromatic carbocycles. The van der Waals surface area contributed by atoms with E-state index in [1.807, 2.05) is 54.3 Å². The molecular weight excluding hydrogens is 378 g/mol. The minimum Gasteiger partial charge on any atom is -0.382 e. The molecule has 30 heavy (non-hydrogen) atoms. The lowest BCUT2D eigenvalue weighted by Gasteiger charge is -2.27. The monoisotopic (exact) mass is 409 g/mol. The first-order valence-electron chi connectivity index (χ1n) is 10.6.